The highest BCUT2D eigenvalue weighted by atomic mass is 16.5. The SMILES string of the molecule is COc1ccc(C(=O)Nc2ccc(-c3ccc(N4CCCCCC4)nn3)cc2)c(OC)c1. The largest absolute Gasteiger partial charge is 0.497 e. The third-order valence-electron chi connectivity index (χ3n) is 5.67. The van der Waals surface area contributed by atoms with Crippen LogP contribution >= 0.6 is 0 Å². The molecule has 32 heavy (non-hydrogen) atoms. The second-order valence-corrected chi connectivity index (χ2v) is 7.78. The van der Waals surface area contributed by atoms with E-state index in [0.717, 1.165) is 30.2 Å². The van der Waals surface area contributed by atoms with Gasteiger partial charge in [-0.1, -0.05) is 25.0 Å². The number of hydrogen-bond acceptors (Lipinski definition) is 6. The highest BCUT2D eigenvalue weighted by Crippen LogP contribution is 2.26. The van der Waals surface area contributed by atoms with Crippen LogP contribution in [0.4, 0.5) is 11.5 Å². The van der Waals surface area contributed by atoms with E-state index in [1.807, 2.05) is 36.4 Å². The molecule has 1 fully saturated rings. The van der Waals surface area contributed by atoms with Crippen molar-refractivity contribution in [2.24, 2.45) is 0 Å². The molecule has 7 heteroatoms. The summed E-state index contributed by atoms with van der Waals surface area (Å²) < 4.78 is 10.5. The molecule has 0 aliphatic carbocycles. The van der Waals surface area contributed by atoms with Crippen molar-refractivity contribution in [1.29, 1.82) is 0 Å². The lowest BCUT2D eigenvalue weighted by molar-refractivity contribution is 0.102. The minimum atomic E-state index is -0.251. The van der Waals surface area contributed by atoms with E-state index in [0.29, 0.717) is 22.7 Å². The van der Waals surface area contributed by atoms with Crippen molar-refractivity contribution in [2.45, 2.75) is 25.7 Å². The van der Waals surface area contributed by atoms with Crippen LogP contribution in [0.2, 0.25) is 0 Å². The maximum atomic E-state index is 12.7. The maximum absolute atomic E-state index is 12.7. The summed E-state index contributed by atoms with van der Waals surface area (Å²) in [4.78, 5) is 15.0. The van der Waals surface area contributed by atoms with Gasteiger partial charge >= 0.3 is 0 Å². The number of anilines is 2. The molecule has 2 heterocycles. The van der Waals surface area contributed by atoms with Crippen molar-refractivity contribution < 1.29 is 14.3 Å². The Labute approximate surface area is 188 Å². The van der Waals surface area contributed by atoms with E-state index in [1.54, 1.807) is 25.3 Å². The minimum Gasteiger partial charge on any atom is -0.497 e. The number of aromatic nitrogens is 2. The summed E-state index contributed by atoms with van der Waals surface area (Å²) in [6.07, 6.45) is 4.99. The predicted octanol–water partition coefficient (Wildman–Crippen LogP) is 4.79. The molecule has 1 saturated heterocycles. The molecule has 0 radical (unpaired) electrons. The van der Waals surface area contributed by atoms with Gasteiger partial charge in [-0.2, -0.15) is 0 Å². The van der Waals surface area contributed by atoms with Crippen LogP contribution in [0.25, 0.3) is 11.3 Å². The summed E-state index contributed by atoms with van der Waals surface area (Å²) in [7, 11) is 3.10. The number of methoxy groups -OCH3 is 2. The van der Waals surface area contributed by atoms with E-state index in [2.05, 4.69) is 20.4 Å². The van der Waals surface area contributed by atoms with Gasteiger partial charge in [0.2, 0.25) is 0 Å². The molecule has 0 bridgehead atoms. The number of benzene rings is 2. The number of amides is 1. The van der Waals surface area contributed by atoms with Crippen LogP contribution in [0.15, 0.2) is 54.6 Å². The lowest BCUT2D eigenvalue weighted by Crippen LogP contribution is -2.25. The molecule has 1 aliphatic heterocycles. The first-order valence-electron chi connectivity index (χ1n) is 10.9. The molecule has 1 N–H and O–H groups in total. The Balaban J connectivity index is 1.43. The number of rotatable bonds is 6. The number of nitrogens with zero attached hydrogens (tertiary/aromatic N) is 3. The highest BCUT2D eigenvalue weighted by molar-refractivity contribution is 6.06. The summed E-state index contributed by atoms with van der Waals surface area (Å²) in [5, 5.41) is 11.8. The molecule has 4 rings (SSSR count). The molecule has 1 amide bonds. The van der Waals surface area contributed by atoms with Crippen molar-refractivity contribution >= 4 is 17.4 Å². The van der Waals surface area contributed by atoms with Crippen molar-refractivity contribution in [3.05, 3.63) is 60.2 Å². The molecule has 0 saturated carbocycles. The molecule has 3 aromatic rings. The number of hydrogen-bond donors (Lipinski definition) is 1. The first kappa shape index (κ1) is 21.6. The van der Waals surface area contributed by atoms with Gasteiger partial charge in [-0.25, -0.2) is 0 Å². The standard InChI is InChI=1S/C25H28N4O3/c1-31-20-11-12-21(23(17-20)32-2)25(30)26-19-9-7-18(8-10-19)22-13-14-24(28-27-22)29-15-5-3-4-6-16-29/h7-14,17H,3-6,15-16H2,1-2H3,(H,26,30). The number of carbonyl (C=O) groups is 1. The molecular formula is C25H28N4O3. The van der Waals surface area contributed by atoms with Crippen molar-refractivity contribution in [2.75, 3.05) is 37.5 Å². The van der Waals surface area contributed by atoms with E-state index >= 15 is 0 Å². The van der Waals surface area contributed by atoms with Gasteiger partial charge in [-0.3, -0.25) is 4.79 Å². The Morgan fingerprint density at radius 3 is 2.25 bits per heavy atom. The Morgan fingerprint density at radius 2 is 1.62 bits per heavy atom. The highest BCUT2D eigenvalue weighted by Gasteiger charge is 2.14. The van der Waals surface area contributed by atoms with E-state index < -0.39 is 0 Å². The molecule has 7 nitrogen and oxygen atoms in total. The third-order valence-corrected chi connectivity index (χ3v) is 5.67. The van der Waals surface area contributed by atoms with Gasteiger partial charge in [0.25, 0.3) is 5.91 Å². The van der Waals surface area contributed by atoms with Gasteiger partial charge in [0.1, 0.15) is 11.5 Å². The first-order valence-corrected chi connectivity index (χ1v) is 10.9. The number of nitrogens with one attached hydrogen (secondary N) is 1. The van der Waals surface area contributed by atoms with Crippen LogP contribution in [0.1, 0.15) is 36.0 Å². The van der Waals surface area contributed by atoms with Crippen LogP contribution in [0, 0.1) is 0 Å². The molecule has 1 aromatic heterocycles. The Hall–Kier alpha value is -3.61. The monoisotopic (exact) mass is 432 g/mol. The molecule has 2 aromatic carbocycles. The minimum absolute atomic E-state index is 0.251. The van der Waals surface area contributed by atoms with Gasteiger partial charge in [-0.05, 0) is 49.2 Å². The van der Waals surface area contributed by atoms with Gasteiger partial charge in [-0.15, -0.1) is 10.2 Å². The molecule has 0 unspecified atom stereocenters. The van der Waals surface area contributed by atoms with Crippen molar-refractivity contribution in [3.8, 4) is 22.8 Å². The van der Waals surface area contributed by atoms with Gasteiger partial charge in [0.15, 0.2) is 5.82 Å². The maximum Gasteiger partial charge on any atom is 0.259 e. The van der Waals surface area contributed by atoms with E-state index in [1.165, 1.54) is 32.8 Å². The fourth-order valence-electron chi connectivity index (χ4n) is 3.86. The van der Waals surface area contributed by atoms with Crippen LogP contribution in [-0.2, 0) is 0 Å². The molecule has 1 aliphatic rings. The predicted molar refractivity (Wildman–Crippen MR) is 126 cm³/mol. The second-order valence-electron chi connectivity index (χ2n) is 7.78. The van der Waals surface area contributed by atoms with E-state index in [4.69, 9.17) is 9.47 Å². The lowest BCUT2D eigenvalue weighted by Gasteiger charge is -2.20. The molecular weight excluding hydrogens is 404 g/mol. The molecule has 0 atom stereocenters. The van der Waals surface area contributed by atoms with Crippen LogP contribution in [0.3, 0.4) is 0 Å². The normalized spacial score (nSPS) is 13.9. The molecule has 166 valence electrons. The Kier molecular flexibility index (Phi) is 6.84. The number of ether oxygens (including phenoxy) is 2. The fourth-order valence-corrected chi connectivity index (χ4v) is 3.86. The first-order chi connectivity index (χ1) is 15.7. The van der Waals surface area contributed by atoms with Crippen LogP contribution < -0.4 is 19.7 Å². The quantitative estimate of drug-likeness (QED) is 0.603. The van der Waals surface area contributed by atoms with E-state index in [-0.39, 0.29) is 5.91 Å². The van der Waals surface area contributed by atoms with Gasteiger partial charge < -0.3 is 19.7 Å². The summed E-state index contributed by atoms with van der Waals surface area (Å²) in [6, 6.07) is 16.7. The van der Waals surface area contributed by atoms with Crippen molar-refractivity contribution in [1.82, 2.24) is 10.2 Å². The summed E-state index contributed by atoms with van der Waals surface area (Å²) >= 11 is 0. The average Bonchev–Trinajstić information content (AvgIpc) is 3.14. The Bertz CT molecular complexity index is 1040. The summed E-state index contributed by atoms with van der Waals surface area (Å²) in [5.74, 6) is 1.77. The zero-order chi connectivity index (χ0) is 22.3. The van der Waals surface area contributed by atoms with Crippen LogP contribution in [-0.4, -0.2) is 43.4 Å². The Morgan fingerprint density at radius 1 is 0.875 bits per heavy atom. The van der Waals surface area contributed by atoms with Crippen molar-refractivity contribution in [3.63, 3.8) is 0 Å². The smallest absolute Gasteiger partial charge is 0.259 e. The van der Waals surface area contributed by atoms with E-state index in [9.17, 15) is 4.79 Å². The summed E-state index contributed by atoms with van der Waals surface area (Å²) in [5.41, 5.74) is 2.87. The number of carbonyl (C=O) groups excluding carboxylic acids is 1. The van der Waals surface area contributed by atoms with Crippen LogP contribution in [0.5, 0.6) is 11.5 Å². The zero-order valence-electron chi connectivity index (χ0n) is 18.5. The van der Waals surface area contributed by atoms with Gasteiger partial charge in [0.05, 0.1) is 25.5 Å². The average molecular weight is 433 g/mol. The molecule has 0 spiro atoms. The topological polar surface area (TPSA) is 76.6 Å². The lowest BCUT2D eigenvalue weighted by atomic mass is 10.1. The fraction of sp³-hybridized carbons (Fsp3) is 0.320. The summed E-state index contributed by atoms with van der Waals surface area (Å²) in [6.45, 7) is 2.09. The third kappa shape index (κ3) is 4.99. The van der Waals surface area contributed by atoms with Gasteiger partial charge in [0, 0.05) is 30.4 Å². The second kappa shape index (κ2) is 10.1. The zero-order valence-corrected chi connectivity index (χ0v) is 18.5.